The van der Waals surface area contributed by atoms with Crippen molar-refractivity contribution in [3.63, 3.8) is 0 Å². The van der Waals surface area contributed by atoms with E-state index in [4.69, 9.17) is 39.8 Å². The molecular formula is C24H17Cl2N3O2S. The van der Waals surface area contributed by atoms with Gasteiger partial charge in [0, 0.05) is 21.8 Å². The lowest BCUT2D eigenvalue weighted by Gasteiger charge is -2.26. The van der Waals surface area contributed by atoms with E-state index >= 15 is 0 Å². The van der Waals surface area contributed by atoms with E-state index in [2.05, 4.69) is 10.3 Å². The maximum Gasteiger partial charge on any atom is 0.174 e. The van der Waals surface area contributed by atoms with Gasteiger partial charge in [-0.2, -0.15) is 0 Å². The molecule has 1 saturated heterocycles. The Morgan fingerprint density at radius 2 is 1.75 bits per heavy atom. The number of hydrogen-bond donors (Lipinski definition) is 2. The number of benzene rings is 2. The van der Waals surface area contributed by atoms with Crippen LogP contribution in [0.1, 0.15) is 23.5 Å². The average molecular weight is 482 g/mol. The molecule has 0 bridgehead atoms. The number of pyridine rings is 1. The highest BCUT2D eigenvalue weighted by Crippen LogP contribution is 2.45. The van der Waals surface area contributed by atoms with E-state index in [1.165, 1.54) is 0 Å². The van der Waals surface area contributed by atoms with Crippen LogP contribution in [0.25, 0.3) is 11.3 Å². The van der Waals surface area contributed by atoms with E-state index in [1.54, 1.807) is 24.4 Å². The number of aromatic hydroxyl groups is 1. The minimum Gasteiger partial charge on any atom is -0.506 e. The van der Waals surface area contributed by atoms with Gasteiger partial charge in [0.1, 0.15) is 23.3 Å². The predicted octanol–water partition coefficient (Wildman–Crippen LogP) is 6.53. The molecule has 4 aromatic rings. The Balaban J connectivity index is 1.62. The summed E-state index contributed by atoms with van der Waals surface area (Å²) >= 11 is 17.9. The lowest BCUT2D eigenvalue weighted by Crippen LogP contribution is -2.29. The normalized spacial score (nSPS) is 18.1. The molecule has 2 atom stereocenters. The second kappa shape index (κ2) is 8.47. The van der Waals surface area contributed by atoms with Crippen LogP contribution in [-0.4, -0.2) is 15.2 Å². The zero-order chi connectivity index (χ0) is 22.2. The van der Waals surface area contributed by atoms with Gasteiger partial charge in [0.05, 0.1) is 17.4 Å². The number of furan rings is 1. The molecule has 1 fully saturated rings. The Morgan fingerprint density at radius 3 is 2.50 bits per heavy atom. The summed E-state index contributed by atoms with van der Waals surface area (Å²) in [6, 6.07) is 21.1. The summed E-state index contributed by atoms with van der Waals surface area (Å²) in [5.41, 5.74) is 2.19. The van der Waals surface area contributed by atoms with Gasteiger partial charge in [-0.1, -0.05) is 29.3 Å². The van der Waals surface area contributed by atoms with Gasteiger partial charge >= 0.3 is 0 Å². The van der Waals surface area contributed by atoms with Crippen molar-refractivity contribution in [2.45, 2.75) is 12.1 Å². The monoisotopic (exact) mass is 481 g/mol. The van der Waals surface area contributed by atoms with Gasteiger partial charge in [-0.15, -0.1) is 0 Å². The van der Waals surface area contributed by atoms with Crippen LogP contribution in [0.5, 0.6) is 5.75 Å². The van der Waals surface area contributed by atoms with E-state index < -0.39 is 6.04 Å². The minimum atomic E-state index is -0.400. The molecule has 0 aliphatic carbocycles. The number of halogens is 2. The molecular weight excluding hydrogens is 465 g/mol. The molecule has 8 heteroatoms. The molecule has 0 spiro atoms. The number of anilines is 1. The standard InChI is InChI=1S/C24H17Cl2N3O2S/c25-15-6-4-14(5-7-15)20-10-11-21(31-20)23-22(17-3-1-2-12-27-17)28-24(32)29(23)18-13-16(26)8-9-19(18)30/h1-13,22-23,30H,(H,28,32)/t22-,23-/m1/s1. The number of phenolic OH excluding ortho intramolecular Hbond substituents is 1. The maximum atomic E-state index is 10.6. The van der Waals surface area contributed by atoms with Gasteiger partial charge < -0.3 is 19.7 Å². The van der Waals surface area contributed by atoms with Crippen LogP contribution < -0.4 is 10.2 Å². The molecule has 160 valence electrons. The Morgan fingerprint density at radius 1 is 0.969 bits per heavy atom. The highest BCUT2D eigenvalue weighted by atomic mass is 35.5. The first-order valence-corrected chi connectivity index (χ1v) is 11.0. The quantitative estimate of drug-likeness (QED) is 0.323. The number of nitrogens with zero attached hydrogens (tertiary/aromatic N) is 2. The smallest absolute Gasteiger partial charge is 0.174 e. The Hall–Kier alpha value is -3.06. The van der Waals surface area contributed by atoms with Crippen molar-refractivity contribution in [2.24, 2.45) is 0 Å². The van der Waals surface area contributed by atoms with Gasteiger partial charge in [-0.25, -0.2) is 0 Å². The van der Waals surface area contributed by atoms with Crippen LogP contribution in [0, 0.1) is 0 Å². The number of thiocarbonyl (C=S) groups is 1. The highest BCUT2D eigenvalue weighted by molar-refractivity contribution is 7.80. The lowest BCUT2D eigenvalue weighted by atomic mass is 10.0. The summed E-state index contributed by atoms with van der Waals surface area (Å²) in [6.07, 6.45) is 1.73. The molecule has 0 unspecified atom stereocenters. The van der Waals surface area contributed by atoms with Crippen LogP contribution in [0.4, 0.5) is 5.69 Å². The molecule has 0 saturated carbocycles. The molecule has 1 aliphatic heterocycles. The van der Waals surface area contributed by atoms with Gasteiger partial charge in [0.25, 0.3) is 0 Å². The lowest BCUT2D eigenvalue weighted by molar-refractivity contribution is 0.434. The second-order valence-corrected chi connectivity index (χ2v) is 8.60. The van der Waals surface area contributed by atoms with Crippen molar-refractivity contribution in [3.8, 4) is 17.1 Å². The summed E-state index contributed by atoms with van der Waals surface area (Å²) in [5.74, 6) is 1.43. The molecule has 0 radical (unpaired) electrons. The number of phenols is 1. The fraction of sp³-hybridized carbons (Fsp3) is 0.0833. The molecule has 1 aliphatic rings. The molecule has 5 nitrogen and oxygen atoms in total. The number of rotatable bonds is 4. The Bertz CT molecular complexity index is 1280. The molecule has 5 rings (SSSR count). The number of aromatic nitrogens is 1. The fourth-order valence-corrected chi connectivity index (χ4v) is 4.51. The van der Waals surface area contributed by atoms with Crippen LogP contribution in [0.2, 0.25) is 10.0 Å². The van der Waals surface area contributed by atoms with Crippen LogP contribution in [-0.2, 0) is 0 Å². The van der Waals surface area contributed by atoms with Gasteiger partial charge in [-0.3, -0.25) is 4.98 Å². The first-order chi connectivity index (χ1) is 15.5. The van der Waals surface area contributed by atoms with E-state index in [9.17, 15) is 5.11 Å². The molecule has 2 aromatic heterocycles. The minimum absolute atomic E-state index is 0.0645. The Kier molecular flexibility index (Phi) is 5.51. The SMILES string of the molecule is Oc1ccc(Cl)cc1N1C(=S)N[C@H](c2ccccn2)[C@H]1c1ccc(-c2ccc(Cl)cc2)o1. The first-order valence-electron chi connectivity index (χ1n) is 9.86. The van der Waals surface area contributed by atoms with Crippen LogP contribution in [0.3, 0.4) is 0 Å². The highest BCUT2D eigenvalue weighted by Gasteiger charge is 2.43. The molecule has 0 amide bonds. The van der Waals surface area contributed by atoms with Crippen LogP contribution >= 0.6 is 35.4 Å². The molecule has 2 aromatic carbocycles. The predicted molar refractivity (Wildman–Crippen MR) is 130 cm³/mol. The third-order valence-electron chi connectivity index (χ3n) is 5.34. The zero-order valence-electron chi connectivity index (χ0n) is 16.6. The first kappa shape index (κ1) is 20.8. The van der Waals surface area contributed by atoms with Gasteiger partial charge in [0.15, 0.2) is 5.11 Å². The number of nitrogens with one attached hydrogen (secondary N) is 1. The molecule has 32 heavy (non-hydrogen) atoms. The largest absolute Gasteiger partial charge is 0.506 e. The summed E-state index contributed by atoms with van der Waals surface area (Å²) in [4.78, 5) is 6.34. The maximum absolute atomic E-state index is 10.6. The van der Waals surface area contributed by atoms with Crippen molar-refractivity contribution in [2.75, 3.05) is 4.90 Å². The van der Waals surface area contributed by atoms with Crippen molar-refractivity contribution in [1.82, 2.24) is 10.3 Å². The van der Waals surface area contributed by atoms with Crippen LogP contribution in [0.15, 0.2) is 83.4 Å². The zero-order valence-corrected chi connectivity index (χ0v) is 18.9. The van der Waals surface area contributed by atoms with E-state index in [0.717, 1.165) is 11.3 Å². The number of hydrogen-bond acceptors (Lipinski definition) is 4. The topological polar surface area (TPSA) is 61.5 Å². The van der Waals surface area contributed by atoms with Crippen molar-refractivity contribution < 1.29 is 9.52 Å². The third kappa shape index (κ3) is 3.81. The van der Waals surface area contributed by atoms with Gasteiger partial charge in [-0.05, 0) is 78.9 Å². The van der Waals surface area contributed by atoms with Crippen molar-refractivity contribution in [3.05, 3.63) is 100 Å². The molecule has 2 N–H and O–H groups in total. The van der Waals surface area contributed by atoms with Gasteiger partial charge in [0.2, 0.25) is 0 Å². The molecule has 3 heterocycles. The van der Waals surface area contributed by atoms with E-state index in [1.807, 2.05) is 59.5 Å². The summed E-state index contributed by atoms with van der Waals surface area (Å²) in [6.45, 7) is 0. The average Bonchev–Trinajstić information content (AvgIpc) is 3.41. The summed E-state index contributed by atoms with van der Waals surface area (Å²) in [5, 5.41) is 15.5. The van der Waals surface area contributed by atoms with Crippen molar-refractivity contribution in [1.29, 1.82) is 0 Å². The fourth-order valence-electron chi connectivity index (χ4n) is 3.87. The summed E-state index contributed by atoms with van der Waals surface area (Å²) < 4.78 is 6.29. The van der Waals surface area contributed by atoms with Crippen molar-refractivity contribution >= 4 is 46.2 Å². The third-order valence-corrected chi connectivity index (χ3v) is 6.14. The summed E-state index contributed by atoms with van der Waals surface area (Å²) in [7, 11) is 0. The van der Waals surface area contributed by atoms with E-state index in [-0.39, 0.29) is 11.8 Å². The van der Waals surface area contributed by atoms with E-state index in [0.29, 0.717) is 32.4 Å². The Labute approximate surface area is 200 Å². The second-order valence-electron chi connectivity index (χ2n) is 7.34.